The Labute approximate surface area is 96.4 Å². The fourth-order valence-corrected chi connectivity index (χ4v) is 2.15. The van der Waals surface area contributed by atoms with Crippen LogP contribution in [0, 0.1) is 5.92 Å². The van der Waals surface area contributed by atoms with Gasteiger partial charge in [0.15, 0.2) is 0 Å². The number of aromatic nitrogens is 1. The molecule has 0 aliphatic heterocycles. The Kier molecular flexibility index (Phi) is 3.29. The van der Waals surface area contributed by atoms with Crippen LogP contribution < -0.4 is 15.4 Å². The van der Waals surface area contributed by atoms with Crippen molar-refractivity contribution in [3.8, 4) is 5.88 Å². The van der Waals surface area contributed by atoms with Crippen molar-refractivity contribution < 1.29 is 4.74 Å². The molecule has 16 heavy (non-hydrogen) atoms. The summed E-state index contributed by atoms with van der Waals surface area (Å²) in [7, 11) is 3.70. The molecule has 1 fully saturated rings. The van der Waals surface area contributed by atoms with Crippen LogP contribution in [0.5, 0.6) is 5.88 Å². The first kappa shape index (κ1) is 11.2. The molecule has 1 aliphatic rings. The number of rotatable bonds is 4. The number of methoxy groups -OCH3 is 1. The van der Waals surface area contributed by atoms with E-state index in [1.165, 1.54) is 0 Å². The Hall–Kier alpha value is -1.29. The lowest BCUT2D eigenvalue weighted by Gasteiger charge is -2.35. The van der Waals surface area contributed by atoms with Gasteiger partial charge >= 0.3 is 0 Å². The van der Waals surface area contributed by atoms with Gasteiger partial charge < -0.3 is 15.4 Å². The molecule has 2 rings (SSSR count). The van der Waals surface area contributed by atoms with Crippen LogP contribution in [-0.2, 0) is 0 Å². The van der Waals surface area contributed by atoms with Gasteiger partial charge in [-0.25, -0.2) is 0 Å². The molecule has 4 nitrogen and oxygen atoms in total. The first-order chi connectivity index (χ1) is 7.69. The lowest BCUT2D eigenvalue weighted by atomic mass is 9.80. The Morgan fingerprint density at radius 1 is 1.50 bits per heavy atom. The van der Waals surface area contributed by atoms with Crippen molar-refractivity contribution in [3.05, 3.63) is 18.2 Å². The zero-order valence-corrected chi connectivity index (χ0v) is 9.89. The maximum Gasteiger partial charge on any atom is 0.214 e. The van der Waals surface area contributed by atoms with Gasteiger partial charge in [-0.2, -0.15) is 4.98 Å². The van der Waals surface area contributed by atoms with Crippen molar-refractivity contribution in [1.29, 1.82) is 0 Å². The third-order valence-corrected chi connectivity index (χ3v) is 3.11. The van der Waals surface area contributed by atoms with Crippen molar-refractivity contribution in [2.24, 2.45) is 11.7 Å². The number of nitrogens with zero attached hydrogens (tertiary/aromatic N) is 2. The summed E-state index contributed by atoms with van der Waals surface area (Å²) in [5.74, 6) is 2.34. The summed E-state index contributed by atoms with van der Waals surface area (Å²) >= 11 is 0. The number of hydrogen-bond acceptors (Lipinski definition) is 4. The van der Waals surface area contributed by atoms with Crippen LogP contribution in [0.1, 0.15) is 12.8 Å². The molecule has 0 amide bonds. The number of anilines is 1. The van der Waals surface area contributed by atoms with Crippen LogP contribution in [0.3, 0.4) is 0 Å². The topological polar surface area (TPSA) is 51.4 Å². The van der Waals surface area contributed by atoms with E-state index in [4.69, 9.17) is 10.5 Å². The molecule has 0 aromatic carbocycles. The van der Waals surface area contributed by atoms with Crippen molar-refractivity contribution in [1.82, 2.24) is 4.98 Å². The average molecular weight is 221 g/mol. The second kappa shape index (κ2) is 4.70. The highest BCUT2D eigenvalue weighted by atomic mass is 16.5. The summed E-state index contributed by atoms with van der Waals surface area (Å²) in [6.07, 6.45) is 2.27. The van der Waals surface area contributed by atoms with E-state index in [2.05, 4.69) is 16.9 Å². The Morgan fingerprint density at radius 2 is 2.25 bits per heavy atom. The second-order valence-electron chi connectivity index (χ2n) is 4.52. The third-order valence-electron chi connectivity index (χ3n) is 3.11. The molecule has 0 bridgehead atoms. The van der Waals surface area contributed by atoms with Crippen molar-refractivity contribution in [2.45, 2.75) is 18.9 Å². The molecule has 88 valence electrons. The zero-order valence-electron chi connectivity index (χ0n) is 9.89. The molecule has 1 heterocycles. The van der Waals surface area contributed by atoms with Crippen LogP contribution in [0.2, 0.25) is 0 Å². The van der Waals surface area contributed by atoms with E-state index in [0.29, 0.717) is 17.8 Å². The van der Waals surface area contributed by atoms with Crippen LogP contribution in [0.4, 0.5) is 5.82 Å². The Morgan fingerprint density at radius 3 is 2.88 bits per heavy atom. The first-order valence-electron chi connectivity index (χ1n) is 5.67. The molecule has 2 N–H and O–H groups in total. The van der Waals surface area contributed by atoms with E-state index < -0.39 is 0 Å². The quantitative estimate of drug-likeness (QED) is 0.831. The van der Waals surface area contributed by atoms with Crippen LogP contribution in [0.25, 0.3) is 0 Å². The van der Waals surface area contributed by atoms with Gasteiger partial charge in [0.2, 0.25) is 5.88 Å². The normalized spacial score (nSPS) is 23.7. The fraction of sp³-hybridized carbons (Fsp3) is 0.583. The Bertz CT molecular complexity index is 350. The highest BCUT2D eigenvalue weighted by molar-refractivity contribution is 5.39. The second-order valence-corrected chi connectivity index (χ2v) is 4.52. The minimum absolute atomic E-state index is 0.414. The summed E-state index contributed by atoms with van der Waals surface area (Å²) in [5.41, 5.74) is 5.77. The maximum atomic E-state index is 5.77. The van der Waals surface area contributed by atoms with Crippen LogP contribution in [-0.4, -0.2) is 31.7 Å². The summed E-state index contributed by atoms with van der Waals surface area (Å²) < 4.78 is 5.11. The van der Waals surface area contributed by atoms with Gasteiger partial charge in [0, 0.05) is 25.7 Å². The fourth-order valence-electron chi connectivity index (χ4n) is 2.15. The molecule has 1 aliphatic carbocycles. The van der Waals surface area contributed by atoms with Crippen molar-refractivity contribution >= 4 is 5.82 Å². The molecule has 1 aromatic rings. The lowest BCUT2D eigenvalue weighted by molar-refractivity contribution is 0.270. The molecule has 1 aromatic heterocycles. The lowest BCUT2D eigenvalue weighted by Crippen LogP contribution is -2.42. The predicted octanol–water partition coefficient (Wildman–Crippen LogP) is 1.26. The molecule has 0 unspecified atom stereocenters. The number of nitrogens with two attached hydrogens (primary N) is 1. The molecule has 4 heteroatoms. The van der Waals surface area contributed by atoms with Gasteiger partial charge in [-0.3, -0.25) is 0 Å². The average Bonchev–Trinajstić information content (AvgIpc) is 2.27. The van der Waals surface area contributed by atoms with E-state index in [1.54, 1.807) is 7.11 Å². The minimum atomic E-state index is 0.414. The summed E-state index contributed by atoms with van der Waals surface area (Å²) in [6, 6.07) is 6.23. The molecular formula is C12H19N3O. The van der Waals surface area contributed by atoms with Crippen molar-refractivity contribution in [2.75, 3.05) is 25.6 Å². The molecule has 1 saturated carbocycles. The third kappa shape index (κ3) is 2.44. The zero-order chi connectivity index (χ0) is 11.5. The van der Waals surface area contributed by atoms with E-state index in [9.17, 15) is 0 Å². The van der Waals surface area contributed by atoms with Gasteiger partial charge in [-0.15, -0.1) is 0 Å². The summed E-state index contributed by atoms with van der Waals surface area (Å²) in [6.45, 7) is 1.02. The summed E-state index contributed by atoms with van der Waals surface area (Å²) in [4.78, 5) is 6.56. The number of pyridine rings is 1. The number of hydrogen-bond donors (Lipinski definition) is 1. The molecule has 0 spiro atoms. The van der Waals surface area contributed by atoms with E-state index >= 15 is 0 Å². The van der Waals surface area contributed by atoms with Gasteiger partial charge in [-0.05, 0) is 24.8 Å². The Balaban J connectivity index is 1.94. The largest absolute Gasteiger partial charge is 0.481 e. The van der Waals surface area contributed by atoms with Gasteiger partial charge in [-0.1, -0.05) is 6.07 Å². The standard InChI is InChI=1S/C12H19N3O/c1-15(8-9-6-10(13)7-9)11-4-3-5-12(14-11)16-2/h3-5,9-10H,6-8,13H2,1-2H3. The van der Waals surface area contributed by atoms with E-state index in [1.807, 2.05) is 18.2 Å². The highest BCUT2D eigenvalue weighted by Crippen LogP contribution is 2.27. The van der Waals surface area contributed by atoms with E-state index in [0.717, 1.165) is 25.2 Å². The van der Waals surface area contributed by atoms with Crippen LogP contribution in [0.15, 0.2) is 18.2 Å². The van der Waals surface area contributed by atoms with Gasteiger partial charge in [0.1, 0.15) is 5.82 Å². The monoisotopic (exact) mass is 221 g/mol. The highest BCUT2D eigenvalue weighted by Gasteiger charge is 2.27. The van der Waals surface area contributed by atoms with Gasteiger partial charge in [0.05, 0.1) is 7.11 Å². The number of ether oxygens (including phenoxy) is 1. The maximum absolute atomic E-state index is 5.77. The summed E-state index contributed by atoms with van der Waals surface area (Å²) in [5, 5.41) is 0. The predicted molar refractivity (Wildman–Crippen MR) is 64.8 cm³/mol. The molecule has 0 saturated heterocycles. The SMILES string of the molecule is COc1cccc(N(C)CC2CC(N)C2)n1. The van der Waals surface area contributed by atoms with Crippen LogP contribution >= 0.6 is 0 Å². The smallest absolute Gasteiger partial charge is 0.214 e. The minimum Gasteiger partial charge on any atom is -0.481 e. The van der Waals surface area contributed by atoms with Gasteiger partial charge in [0.25, 0.3) is 0 Å². The molecule has 0 radical (unpaired) electrons. The molecular weight excluding hydrogens is 202 g/mol. The van der Waals surface area contributed by atoms with E-state index in [-0.39, 0.29) is 0 Å². The first-order valence-corrected chi connectivity index (χ1v) is 5.67. The molecule has 0 atom stereocenters. The van der Waals surface area contributed by atoms with Crippen molar-refractivity contribution in [3.63, 3.8) is 0 Å².